The number of halogens is 2. The highest BCUT2D eigenvalue weighted by Gasteiger charge is 2.56. The predicted octanol–water partition coefficient (Wildman–Crippen LogP) is 4.11. The van der Waals surface area contributed by atoms with Gasteiger partial charge >= 0.3 is 6.03 Å². The van der Waals surface area contributed by atoms with Crippen molar-refractivity contribution >= 4 is 29.2 Å². The molecule has 2 aliphatic rings. The minimum Gasteiger partial charge on any atom is -0.307 e. The Morgan fingerprint density at radius 3 is 2.26 bits per heavy atom. The molecular weight excluding hydrogens is 492 g/mol. The molecule has 1 atom stereocenters. The minimum atomic E-state index is -1.50. The Labute approximate surface area is 218 Å². The number of amides is 4. The highest BCUT2D eigenvalue weighted by molar-refractivity contribution is 6.20. The highest BCUT2D eigenvalue weighted by Crippen LogP contribution is 2.38. The van der Waals surface area contributed by atoms with Gasteiger partial charge < -0.3 is 9.80 Å². The van der Waals surface area contributed by atoms with Gasteiger partial charge in [0.2, 0.25) is 5.91 Å². The Kier molecular flexibility index (Phi) is 6.23. The zero-order valence-electron chi connectivity index (χ0n) is 21.1. The number of carbonyl (C=O) groups is 3. The fourth-order valence-corrected chi connectivity index (χ4v) is 4.77. The first-order chi connectivity index (χ1) is 18.1. The van der Waals surface area contributed by atoms with Gasteiger partial charge in [0.15, 0.2) is 11.6 Å². The molecule has 0 spiro atoms. The monoisotopic (exact) mass is 517 g/mol. The third kappa shape index (κ3) is 4.20. The fourth-order valence-electron chi connectivity index (χ4n) is 4.77. The van der Waals surface area contributed by atoms with E-state index in [0.717, 1.165) is 12.1 Å². The van der Waals surface area contributed by atoms with E-state index in [-0.39, 0.29) is 24.7 Å². The molecule has 0 saturated carbocycles. The molecule has 2 saturated heterocycles. The first-order valence-electron chi connectivity index (χ1n) is 12.2. The summed E-state index contributed by atoms with van der Waals surface area (Å²) in [5.41, 5.74) is -1.01. The van der Waals surface area contributed by atoms with Gasteiger partial charge in [0.05, 0.1) is 18.3 Å². The molecule has 1 unspecified atom stereocenters. The maximum absolute atomic E-state index is 15.2. The summed E-state index contributed by atoms with van der Waals surface area (Å²) in [5.74, 6) is 1.99. The van der Waals surface area contributed by atoms with Crippen LogP contribution in [0.5, 0.6) is 0 Å². The zero-order chi connectivity index (χ0) is 27.2. The lowest BCUT2D eigenvalue weighted by atomic mass is 9.88. The summed E-state index contributed by atoms with van der Waals surface area (Å²) in [7, 11) is 0. The van der Waals surface area contributed by atoms with E-state index in [0.29, 0.717) is 16.2 Å². The first kappa shape index (κ1) is 25.1. The van der Waals surface area contributed by atoms with Gasteiger partial charge in [0.1, 0.15) is 11.2 Å². The van der Waals surface area contributed by atoms with Crippen molar-refractivity contribution < 1.29 is 23.2 Å². The van der Waals surface area contributed by atoms with Crippen molar-refractivity contribution in [3.05, 3.63) is 77.6 Å². The van der Waals surface area contributed by atoms with E-state index >= 15 is 8.78 Å². The van der Waals surface area contributed by atoms with Crippen molar-refractivity contribution in [2.45, 2.75) is 38.8 Å². The molecule has 4 amide bonds. The van der Waals surface area contributed by atoms with E-state index < -0.39 is 47.1 Å². The Balaban J connectivity index is 1.43. The van der Waals surface area contributed by atoms with Gasteiger partial charge in [0, 0.05) is 36.5 Å². The van der Waals surface area contributed by atoms with Gasteiger partial charge in [0.25, 0.3) is 5.91 Å². The first-order valence-corrected chi connectivity index (χ1v) is 12.2. The van der Waals surface area contributed by atoms with Crippen molar-refractivity contribution in [2.75, 3.05) is 22.9 Å². The molecule has 10 heteroatoms. The van der Waals surface area contributed by atoms with Crippen molar-refractivity contribution in [1.29, 1.82) is 0 Å². The minimum absolute atomic E-state index is 0.0556. The van der Waals surface area contributed by atoms with E-state index in [2.05, 4.69) is 16.9 Å². The number of nitrogens with zero attached hydrogens (tertiary/aromatic N) is 5. The second-order valence-electron chi connectivity index (χ2n) is 9.75. The van der Waals surface area contributed by atoms with Crippen LogP contribution >= 0.6 is 0 Å². The predicted molar refractivity (Wildman–Crippen MR) is 136 cm³/mol. The van der Waals surface area contributed by atoms with E-state index in [1.165, 1.54) is 16.7 Å². The van der Waals surface area contributed by atoms with Crippen molar-refractivity contribution in [1.82, 2.24) is 14.7 Å². The Bertz CT molecular complexity index is 1480. The van der Waals surface area contributed by atoms with Gasteiger partial charge in [-0.05, 0) is 45.0 Å². The number of fused-ring (bicyclic) bond motifs is 1. The summed E-state index contributed by atoms with van der Waals surface area (Å²) >= 11 is 0. The largest absolute Gasteiger partial charge is 0.332 e. The number of carbonyl (C=O) groups excluding carboxylic acids is 3. The summed E-state index contributed by atoms with van der Waals surface area (Å²) in [5, 5.41) is 4.26. The van der Waals surface area contributed by atoms with E-state index in [1.54, 1.807) is 41.3 Å². The van der Waals surface area contributed by atoms with Gasteiger partial charge in [-0.1, -0.05) is 30.0 Å². The van der Waals surface area contributed by atoms with Crippen LogP contribution in [0, 0.1) is 23.5 Å². The molecule has 38 heavy (non-hydrogen) atoms. The standard InChI is InChI=1S/C28H25F2N5O3/c1-18(2)34-17-21(16-31-34)32-11-12-33-27(38)35(24(36)15-28(33,3)26(32)37)25-22(29)13-20(14-23(25)30)10-9-19-7-5-4-6-8-19/h4-8,13-14,16-18H,11-12,15H2,1-3H3. The van der Waals surface area contributed by atoms with E-state index in [9.17, 15) is 14.4 Å². The number of hydrogen-bond donors (Lipinski definition) is 0. The summed E-state index contributed by atoms with van der Waals surface area (Å²) < 4.78 is 32.0. The SMILES string of the molecule is CC(C)n1cc(N2CCN3C(=O)N(c4c(F)cc(C#Cc5ccccc5)cc4F)C(=O)CC3(C)C2=O)cn1. The lowest BCUT2D eigenvalue weighted by molar-refractivity contribution is -0.137. The number of hydrogen-bond acceptors (Lipinski definition) is 4. The number of aromatic nitrogens is 2. The van der Waals surface area contributed by atoms with Crippen molar-refractivity contribution in [3.63, 3.8) is 0 Å². The number of benzene rings is 2. The second kappa shape index (κ2) is 9.41. The summed E-state index contributed by atoms with van der Waals surface area (Å²) in [6, 6.07) is 10.0. The summed E-state index contributed by atoms with van der Waals surface area (Å²) in [4.78, 5) is 43.3. The molecule has 2 aromatic carbocycles. The summed E-state index contributed by atoms with van der Waals surface area (Å²) in [6.45, 7) is 5.61. The average molecular weight is 518 g/mol. The maximum atomic E-state index is 15.2. The van der Waals surface area contributed by atoms with Crippen LogP contribution in [0.15, 0.2) is 54.9 Å². The van der Waals surface area contributed by atoms with Gasteiger partial charge in [-0.25, -0.2) is 18.5 Å². The Hall–Kier alpha value is -4.52. The lowest BCUT2D eigenvalue weighted by Crippen LogP contribution is -2.72. The normalized spacial score (nSPS) is 19.5. The van der Waals surface area contributed by atoms with Crippen LogP contribution < -0.4 is 9.80 Å². The molecule has 0 aliphatic carbocycles. The lowest BCUT2D eigenvalue weighted by Gasteiger charge is -2.51. The topological polar surface area (TPSA) is 78.8 Å². The van der Waals surface area contributed by atoms with Crippen LogP contribution in [0.2, 0.25) is 0 Å². The summed E-state index contributed by atoms with van der Waals surface area (Å²) in [6.07, 6.45) is 2.86. The van der Waals surface area contributed by atoms with E-state index in [4.69, 9.17) is 0 Å². The second-order valence-corrected chi connectivity index (χ2v) is 9.75. The van der Waals surface area contributed by atoms with E-state index in [1.807, 2.05) is 19.9 Å². The third-order valence-corrected chi connectivity index (χ3v) is 6.81. The van der Waals surface area contributed by atoms with Gasteiger partial charge in [-0.15, -0.1) is 0 Å². The van der Waals surface area contributed by atoms with Crippen LogP contribution in [0.4, 0.5) is 25.0 Å². The fraction of sp³-hybridized carbons (Fsp3) is 0.286. The van der Waals surface area contributed by atoms with Crippen LogP contribution in [-0.4, -0.2) is 51.2 Å². The molecule has 1 aromatic heterocycles. The smallest absolute Gasteiger partial charge is 0.307 e. The molecular formula is C28H25F2N5O3. The molecule has 0 N–H and O–H groups in total. The number of piperazine rings is 1. The van der Waals surface area contributed by atoms with Crippen LogP contribution in [0.3, 0.4) is 0 Å². The third-order valence-electron chi connectivity index (χ3n) is 6.81. The Morgan fingerprint density at radius 2 is 1.63 bits per heavy atom. The van der Waals surface area contributed by atoms with Crippen molar-refractivity contribution in [2.24, 2.45) is 0 Å². The molecule has 8 nitrogen and oxygen atoms in total. The number of urea groups is 1. The molecule has 3 aromatic rings. The number of imide groups is 1. The van der Waals surface area contributed by atoms with Gasteiger partial charge in [-0.3, -0.25) is 14.3 Å². The number of rotatable bonds is 3. The molecule has 2 fully saturated rings. The maximum Gasteiger partial charge on any atom is 0.332 e. The van der Waals surface area contributed by atoms with Crippen LogP contribution in [0.25, 0.3) is 0 Å². The van der Waals surface area contributed by atoms with Crippen LogP contribution in [-0.2, 0) is 9.59 Å². The molecule has 0 bridgehead atoms. The highest BCUT2D eigenvalue weighted by atomic mass is 19.1. The van der Waals surface area contributed by atoms with Crippen LogP contribution in [0.1, 0.15) is 44.4 Å². The van der Waals surface area contributed by atoms with Crippen molar-refractivity contribution in [3.8, 4) is 11.8 Å². The van der Waals surface area contributed by atoms with Gasteiger partial charge in [-0.2, -0.15) is 5.10 Å². The molecule has 5 rings (SSSR count). The molecule has 194 valence electrons. The number of anilines is 2. The Morgan fingerprint density at radius 1 is 0.974 bits per heavy atom. The quantitative estimate of drug-likeness (QED) is 0.490. The molecule has 3 heterocycles. The zero-order valence-corrected chi connectivity index (χ0v) is 21.1. The average Bonchev–Trinajstić information content (AvgIpc) is 3.36. The molecule has 0 radical (unpaired) electrons. The molecule has 2 aliphatic heterocycles.